The Labute approximate surface area is 106 Å². The van der Waals surface area contributed by atoms with Crippen LogP contribution in [0.25, 0.3) is 5.65 Å². The van der Waals surface area contributed by atoms with E-state index in [9.17, 15) is 0 Å². The van der Waals surface area contributed by atoms with Gasteiger partial charge in [-0.2, -0.15) is 0 Å². The molecule has 0 aliphatic heterocycles. The van der Waals surface area contributed by atoms with Crippen LogP contribution in [0.2, 0.25) is 0 Å². The van der Waals surface area contributed by atoms with E-state index in [-0.39, 0.29) is 0 Å². The van der Waals surface area contributed by atoms with Crippen molar-refractivity contribution in [1.82, 2.24) is 14.6 Å². The molecule has 0 spiro atoms. The molecule has 17 heavy (non-hydrogen) atoms. The molecule has 0 fully saturated rings. The maximum absolute atomic E-state index is 5.88. The van der Waals surface area contributed by atoms with Gasteiger partial charge in [0.15, 0.2) is 10.8 Å². The van der Waals surface area contributed by atoms with Crippen LogP contribution >= 0.6 is 11.8 Å². The van der Waals surface area contributed by atoms with E-state index in [4.69, 9.17) is 5.73 Å². The van der Waals surface area contributed by atoms with Crippen molar-refractivity contribution in [1.29, 1.82) is 0 Å². The van der Waals surface area contributed by atoms with E-state index in [0.717, 1.165) is 35.8 Å². The first-order valence-electron chi connectivity index (χ1n) is 5.99. The van der Waals surface area contributed by atoms with E-state index >= 15 is 0 Å². The number of nitrogens with two attached hydrogens (primary N) is 1. The monoisotopic (exact) mass is 250 g/mol. The predicted octanol–water partition coefficient (Wildman–Crippen LogP) is 2.34. The second-order valence-electron chi connectivity index (χ2n) is 4.07. The highest BCUT2D eigenvalue weighted by atomic mass is 32.2. The molecular formula is C12H18N4S. The quantitative estimate of drug-likeness (QED) is 0.631. The maximum Gasteiger partial charge on any atom is 0.195 e. The smallest absolute Gasteiger partial charge is 0.195 e. The van der Waals surface area contributed by atoms with Crippen molar-refractivity contribution in [2.75, 3.05) is 5.75 Å². The van der Waals surface area contributed by atoms with Crippen LogP contribution in [0.4, 0.5) is 0 Å². The molecule has 0 saturated carbocycles. The van der Waals surface area contributed by atoms with Crippen molar-refractivity contribution in [2.45, 2.75) is 37.4 Å². The third-order valence-corrected chi connectivity index (χ3v) is 3.79. The third-order valence-electron chi connectivity index (χ3n) is 2.76. The van der Waals surface area contributed by atoms with Crippen molar-refractivity contribution in [3.63, 3.8) is 0 Å². The fourth-order valence-electron chi connectivity index (χ4n) is 1.63. The summed E-state index contributed by atoms with van der Waals surface area (Å²) in [5, 5.41) is 9.26. The van der Waals surface area contributed by atoms with Gasteiger partial charge in [-0.1, -0.05) is 24.8 Å². The number of thioether (sulfide) groups is 1. The van der Waals surface area contributed by atoms with E-state index < -0.39 is 0 Å². The molecule has 2 heterocycles. The Hall–Kier alpha value is -1.07. The van der Waals surface area contributed by atoms with Gasteiger partial charge < -0.3 is 5.73 Å². The molecular weight excluding hydrogens is 232 g/mol. The zero-order valence-corrected chi connectivity index (χ0v) is 10.9. The molecule has 2 aromatic heterocycles. The van der Waals surface area contributed by atoms with Gasteiger partial charge in [0.05, 0.1) is 0 Å². The minimum absolute atomic E-state index is 0.339. The van der Waals surface area contributed by atoms with Crippen molar-refractivity contribution in [3.8, 4) is 0 Å². The second-order valence-corrected chi connectivity index (χ2v) is 5.13. The normalized spacial score (nSPS) is 13.1. The van der Waals surface area contributed by atoms with Gasteiger partial charge in [0.1, 0.15) is 0 Å². The molecule has 1 atom stereocenters. The number of rotatable bonds is 6. The fourth-order valence-corrected chi connectivity index (χ4v) is 2.52. The lowest BCUT2D eigenvalue weighted by atomic mass is 10.1. The molecule has 2 N–H and O–H groups in total. The molecule has 0 saturated heterocycles. The minimum atomic E-state index is 0.339. The average Bonchev–Trinajstić information content (AvgIpc) is 2.78. The lowest BCUT2D eigenvalue weighted by Gasteiger charge is -2.06. The molecule has 0 amide bonds. The van der Waals surface area contributed by atoms with Gasteiger partial charge in [-0.25, -0.2) is 0 Å². The second kappa shape index (κ2) is 6.02. The first kappa shape index (κ1) is 12.4. The van der Waals surface area contributed by atoms with Gasteiger partial charge in [0.25, 0.3) is 0 Å². The topological polar surface area (TPSA) is 56.2 Å². The summed E-state index contributed by atoms with van der Waals surface area (Å²) in [4.78, 5) is 0. The molecule has 0 aliphatic rings. The zero-order chi connectivity index (χ0) is 12.1. The Morgan fingerprint density at radius 2 is 2.29 bits per heavy atom. The van der Waals surface area contributed by atoms with E-state index in [2.05, 4.69) is 17.1 Å². The zero-order valence-electron chi connectivity index (χ0n) is 10.0. The lowest BCUT2D eigenvalue weighted by molar-refractivity contribution is 0.589. The first-order valence-corrected chi connectivity index (χ1v) is 6.98. The van der Waals surface area contributed by atoms with Crippen molar-refractivity contribution >= 4 is 17.4 Å². The lowest BCUT2D eigenvalue weighted by Crippen LogP contribution is -2.18. The molecule has 92 valence electrons. The molecule has 4 nitrogen and oxygen atoms in total. The number of hydrogen-bond acceptors (Lipinski definition) is 4. The van der Waals surface area contributed by atoms with Gasteiger partial charge >= 0.3 is 0 Å². The summed E-state index contributed by atoms with van der Waals surface area (Å²) in [7, 11) is 0. The van der Waals surface area contributed by atoms with Crippen molar-refractivity contribution < 1.29 is 0 Å². The summed E-state index contributed by atoms with van der Waals surface area (Å²) in [5.41, 5.74) is 6.78. The van der Waals surface area contributed by atoms with Gasteiger partial charge in [0, 0.05) is 18.0 Å². The first-order chi connectivity index (χ1) is 8.31. The summed E-state index contributed by atoms with van der Waals surface area (Å²) in [6, 6.07) is 6.27. The van der Waals surface area contributed by atoms with Crippen LogP contribution in [0, 0.1) is 0 Å². The van der Waals surface area contributed by atoms with Crippen LogP contribution in [0.1, 0.15) is 26.2 Å². The van der Waals surface area contributed by atoms with Crippen molar-refractivity contribution in [2.24, 2.45) is 5.73 Å². The van der Waals surface area contributed by atoms with Gasteiger partial charge in [-0.05, 0) is 31.4 Å². The Kier molecular flexibility index (Phi) is 4.39. The Morgan fingerprint density at radius 3 is 3.12 bits per heavy atom. The molecule has 2 aromatic rings. The summed E-state index contributed by atoms with van der Waals surface area (Å²) in [6.45, 7) is 2.13. The SMILES string of the molecule is CCC(N)CCCSc1nnc2ccccn12. The number of hydrogen-bond donors (Lipinski definition) is 1. The van der Waals surface area contributed by atoms with Crippen LogP contribution < -0.4 is 5.73 Å². The number of nitrogens with zero attached hydrogens (tertiary/aromatic N) is 3. The summed E-state index contributed by atoms with van der Waals surface area (Å²) in [5.74, 6) is 1.05. The van der Waals surface area contributed by atoms with Crippen LogP contribution in [-0.2, 0) is 0 Å². The minimum Gasteiger partial charge on any atom is -0.328 e. The van der Waals surface area contributed by atoms with Crippen LogP contribution in [0.5, 0.6) is 0 Å². The van der Waals surface area contributed by atoms with E-state index in [0.29, 0.717) is 6.04 Å². The number of pyridine rings is 1. The predicted molar refractivity (Wildman–Crippen MR) is 71.2 cm³/mol. The summed E-state index contributed by atoms with van der Waals surface area (Å²) < 4.78 is 2.02. The Morgan fingerprint density at radius 1 is 1.41 bits per heavy atom. The molecule has 0 bridgehead atoms. The van der Waals surface area contributed by atoms with Crippen molar-refractivity contribution in [3.05, 3.63) is 24.4 Å². The molecule has 0 radical (unpaired) electrons. The van der Waals surface area contributed by atoms with E-state index in [1.165, 1.54) is 0 Å². The van der Waals surface area contributed by atoms with E-state index in [1.54, 1.807) is 11.8 Å². The largest absolute Gasteiger partial charge is 0.328 e. The van der Waals surface area contributed by atoms with Crippen LogP contribution in [0.15, 0.2) is 29.6 Å². The third kappa shape index (κ3) is 3.20. The summed E-state index contributed by atoms with van der Waals surface area (Å²) in [6.07, 6.45) is 5.26. The molecule has 0 aromatic carbocycles. The van der Waals surface area contributed by atoms with Gasteiger partial charge in [0.2, 0.25) is 0 Å². The fraction of sp³-hybridized carbons (Fsp3) is 0.500. The summed E-state index contributed by atoms with van der Waals surface area (Å²) >= 11 is 1.74. The highest BCUT2D eigenvalue weighted by Crippen LogP contribution is 2.18. The Balaban J connectivity index is 1.87. The molecule has 1 unspecified atom stereocenters. The molecule has 2 rings (SSSR count). The maximum atomic E-state index is 5.88. The highest BCUT2D eigenvalue weighted by Gasteiger charge is 2.05. The van der Waals surface area contributed by atoms with E-state index in [1.807, 2.05) is 28.8 Å². The standard InChI is InChI=1S/C12H18N4S/c1-2-10(13)6-5-9-17-12-15-14-11-7-3-4-8-16(11)12/h3-4,7-8,10H,2,5-6,9,13H2,1H3. The average molecular weight is 250 g/mol. The van der Waals surface area contributed by atoms with Gasteiger partial charge in [-0.3, -0.25) is 4.40 Å². The van der Waals surface area contributed by atoms with Crippen LogP contribution in [-0.4, -0.2) is 26.4 Å². The number of aromatic nitrogens is 3. The highest BCUT2D eigenvalue weighted by molar-refractivity contribution is 7.99. The van der Waals surface area contributed by atoms with Crippen LogP contribution in [0.3, 0.4) is 0 Å². The Bertz CT molecular complexity index is 468. The van der Waals surface area contributed by atoms with Gasteiger partial charge in [-0.15, -0.1) is 10.2 Å². The molecule has 5 heteroatoms. The number of fused-ring (bicyclic) bond motifs is 1. The molecule has 0 aliphatic carbocycles.